The van der Waals surface area contributed by atoms with Crippen molar-refractivity contribution in [1.29, 1.82) is 0 Å². The van der Waals surface area contributed by atoms with Gasteiger partial charge in [0, 0.05) is 32.1 Å². The number of rotatable bonds is 3. The van der Waals surface area contributed by atoms with Crippen LogP contribution in [0.15, 0.2) is 24.3 Å². The fourth-order valence-electron chi connectivity index (χ4n) is 2.15. The highest BCUT2D eigenvalue weighted by Gasteiger charge is 2.20. The molecule has 1 fully saturated rings. The van der Waals surface area contributed by atoms with Crippen molar-refractivity contribution in [2.75, 3.05) is 19.6 Å². The molecule has 1 aromatic rings. The SMILES string of the molecule is CC(=O)NCc1ccc(C(=O)N2CCCNC(=O)C2)cc1. The van der Waals surface area contributed by atoms with Crippen LogP contribution in [0.5, 0.6) is 0 Å². The normalized spacial score (nSPS) is 15.1. The molecule has 112 valence electrons. The molecular formula is C15H19N3O3. The molecule has 2 rings (SSSR count). The largest absolute Gasteiger partial charge is 0.354 e. The molecule has 1 aliphatic rings. The van der Waals surface area contributed by atoms with Crippen LogP contribution in [0.3, 0.4) is 0 Å². The minimum atomic E-state index is -0.141. The zero-order valence-electron chi connectivity index (χ0n) is 12.0. The standard InChI is InChI=1S/C15H19N3O3/c1-11(19)17-9-12-3-5-13(6-4-12)15(21)18-8-2-7-16-14(20)10-18/h3-6H,2,7-10H2,1H3,(H,16,20)(H,17,19). The summed E-state index contributed by atoms with van der Waals surface area (Å²) in [4.78, 5) is 36.3. The van der Waals surface area contributed by atoms with Gasteiger partial charge in [-0.25, -0.2) is 0 Å². The van der Waals surface area contributed by atoms with Crippen molar-refractivity contribution in [2.45, 2.75) is 19.9 Å². The Hall–Kier alpha value is -2.37. The monoisotopic (exact) mass is 289 g/mol. The Morgan fingerprint density at radius 3 is 2.67 bits per heavy atom. The second-order valence-electron chi connectivity index (χ2n) is 5.04. The summed E-state index contributed by atoms with van der Waals surface area (Å²) in [6.07, 6.45) is 0.762. The minimum Gasteiger partial charge on any atom is -0.354 e. The van der Waals surface area contributed by atoms with Crippen molar-refractivity contribution in [3.63, 3.8) is 0 Å². The molecule has 0 spiro atoms. The van der Waals surface area contributed by atoms with Gasteiger partial charge in [-0.05, 0) is 24.1 Å². The Labute approximate surface area is 123 Å². The van der Waals surface area contributed by atoms with E-state index in [1.165, 1.54) is 6.92 Å². The van der Waals surface area contributed by atoms with E-state index in [1.54, 1.807) is 29.2 Å². The smallest absolute Gasteiger partial charge is 0.254 e. The average molecular weight is 289 g/mol. The number of carbonyl (C=O) groups is 3. The van der Waals surface area contributed by atoms with Gasteiger partial charge in [-0.1, -0.05) is 12.1 Å². The number of nitrogens with one attached hydrogen (secondary N) is 2. The lowest BCUT2D eigenvalue weighted by atomic mass is 10.1. The van der Waals surface area contributed by atoms with Gasteiger partial charge in [-0.3, -0.25) is 14.4 Å². The summed E-state index contributed by atoms with van der Waals surface area (Å²) in [5.74, 6) is -0.355. The first-order valence-corrected chi connectivity index (χ1v) is 6.95. The van der Waals surface area contributed by atoms with E-state index >= 15 is 0 Å². The molecule has 1 aromatic carbocycles. The van der Waals surface area contributed by atoms with Gasteiger partial charge in [0.1, 0.15) is 0 Å². The minimum absolute atomic E-state index is 0.0919. The van der Waals surface area contributed by atoms with Gasteiger partial charge < -0.3 is 15.5 Å². The first-order chi connectivity index (χ1) is 10.1. The van der Waals surface area contributed by atoms with Gasteiger partial charge in [0.25, 0.3) is 5.91 Å². The molecule has 0 aromatic heterocycles. The molecule has 3 amide bonds. The predicted molar refractivity (Wildman–Crippen MR) is 77.5 cm³/mol. The van der Waals surface area contributed by atoms with E-state index < -0.39 is 0 Å². The zero-order valence-corrected chi connectivity index (χ0v) is 12.0. The second kappa shape index (κ2) is 6.88. The second-order valence-corrected chi connectivity index (χ2v) is 5.04. The van der Waals surface area contributed by atoms with Gasteiger partial charge in [-0.15, -0.1) is 0 Å². The Bertz CT molecular complexity index is 540. The maximum atomic E-state index is 12.4. The third-order valence-electron chi connectivity index (χ3n) is 3.29. The van der Waals surface area contributed by atoms with Crippen molar-refractivity contribution in [3.05, 3.63) is 35.4 Å². The van der Waals surface area contributed by atoms with E-state index in [2.05, 4.69) is 10.6 Å². The molecule has 6 heteroatoms. The molecule has 0 bridgehead atoms. The molecule has 0 saturated carbocycles. The van der Waals surface area contributed by atoms with Crippen molar-refractivity contribution < 1.29 is 14.4 Å². The van der Waals surface area contributed by atoms with Crippen LogP contribution in [0.4, 0.5) is 0 Å². The number of hydrogen-bond donors (Lipinski definition) is 2. The Morgan fingerprint density at radius 1 is 1.29 bits per heavy atom. The lowest BCUT2D eigenvalue weighted by Gasteiger charge is -2.19. The highest BCUT2D eigenvalue weighted by atomic mass is 16.2. The van der Waals surface area contributed by atoms with Crippen LogP contribution in [-0.2, 0) is 16.1 Å². The van der Waals surface area contributed by atoms with E-state index in [0.29, 0.717) is 25.2 Å². The highest BCUT2D eigenvalue weighted by Crippen LogP contribution is 2.09. The van der Waals surface area contributed by atoms with Gasteiger partial charge >= 0.3 is 0 Å². The van der Waals surface area contributed by atoms with Crippen LogP contribution in [0.2, 0.25) is 0 Å². The molecule has 0 unspecified atom stereocenters. The molecule has 0 atom stereocenters. The maximum absolute atomic E-state index is 12.4. The fourth-order valence-corrected chi connectivity index (χ4v) is 2.15. The number of carbonyl (C=O) groups excluding carboxylic acids is 3. The molecule has 0 aliphatic carbocycles. The van der Waals surface area contributed by atoms with Crippen LogP contribution in [0.1, 0.15) is 29.3 Å². The highest BCUT2D eigenvalue weighted by molar-refractivity contribution is 5.96. The molecule has 21 heavy (non-hydrogen) atoms. The maximum Gasteiger partial charge on any atom is 0.254 e. The summed E-state index contributed by atoms with van der Waals surface area (Å²) in [6.45, 7) is 3.19. The molecule has 6 nitrogen and oxygen atoms in total. The van der Waals surface area contributed by atoms with Crippen LogP contribution in [0.25, 0.3) is 0 Å². The Balaban J connectivity index is 2.01. The van der Waals surface area contributed by atoms with E-state index in [0.717, 1.165) is 12.0 Å². The van der Waals surface area contributed by atoms with E-state index in [-0.39, 0.29) is 24.3 Å². The van der Waals surface area contributed by atoms with Gasteiger partial charge in [-0.2, -0.15) is 0 Å². The van der Waals surface area contributed by atoms with Gasteiger partial charge in [0.2, 0.25) is 11.8 Å². The van der Waals surface area contributed by atoms with E-state index in [9.17, 15) is 14.4 Å². The summed E-state index contributed by atoms with van der Waals surface area (Å²) in [6, 6.07) is 7.06. The molecule has 0 radical (unpaired) electrons. The van der Waals surface area contributed by atoms with Crippen LogP contribution >= 0.6 is 0 Å². The first kappa shape index (κ1) is 15.0. The summed E-state index contributed by atoms with van der Waals surface area (Å²) < 4.78 is 0. The molecule has 1 aliphatic heterocycles. The lowest BCUT2D eigenvalue weighted by molar-refractivity contribution is -0.121. The quantitative estimate of drug-likeness (QED) is 0.839. The Kier molecular flexibility index (Phi) is 4.92. The fraction of sp³-hybridized carbons (Fsp3) is 0.400. The van der Waals surface area contributed by atoms with Crippen molar-refractivity contribution >= 4 is 17.7 Å². The molecular weight excluding hydrogens is 270 g/mol. The summed E-state index contributed by atoms with van der Waals surface area (Å²) in [5.41, 5.74) is 1.48. The number of nitrogens with zero attached hydrogens (tertiary/aromatic N) is 1. The molecule has 1 heterocycles. The first-order valence-electron chi connectivity index (χ1n) is 6.95. The van der Waals surface area contributed by atoms with Crippen molar-refractivity contribution in [2.24, 2.45) is 0 Å². The van der Waals surface area contributed by atoms with Gasteiger partial charge in [0.15, 0.2) is 0 Å². The predicted octanol–water partition coefficient (Wildman–Crippen LogP) is 0.285. The Morgan fingerprint density at radius 2 is 2.00 bits per heavy atom. The van der Waals surface area contributed by atoms with E-state index in [1.807, 2.05) is 0 Å². The summed E-state index contributed by atoms with van der Waals surface area (Å²) in [5, 5.41) is 5.44. The molecule has 1 saturated heterocycles. The summed E-state index contributed by atoms with van der Waals surface area (Å²) in [7, 11) is 0. The summed E-state index contributed by atoms with van der Waals surface area (Å²) >= 11 is 0. The lowest BCUT2D eigenvalue weighted by Crippen LogP contribution is -2.37. The zero-order chi connectivity index (χ0) is 15.2. The molecule has 2 N–H and O–H groups in total. The average Bonchev–Trinajstić information content (AvgIpc) is 2.69. The van der Waals surface area contributed by atoms with E-state index in [4.69, 9.17) is 0 Å². The van der Waals surface area contributed by atoms with Gasteiger partial charge in [0.05, 0.1) is 6.54 Å². The number of benzene rings is 1. The number of amides is 3. The number of hydrogen-bond acceptors (Lipinski definition) is 3. The van der Waals surface area contributed by atoms with Crippen LogP contribution in [-0.4, -0.2) is 42.3 Å². The topological polar surface area (TPSA) is 78.5 Å². The van der Waals surface area contributed by atoms with Crippen LogP contribution < -0.4 is 10.6 Å². The van der Waals surface area contributed by atoms with Crippen molar-refractivity contribution in [3.8, 4) is 0 Å². The third-order valence-corrected chi connectivity index (χ3v) is 3.29. The van der Waals surface area contributed by atoms with Crippen molar-refractivity contribution in [1.82, 2.24) is 15.5 Å². The van der Waals surface area contributed by atoms with Crippen LogP contribution in [0, 0.1) is 0 Å². The third kappa shape index (κ3) is 4.30.